The summed E-state index contributed by atoms with van der Waals surface area (Å²) in [5, 5.41) is 0. The maximum atomic E-state index is 13.2. The van der Waals surface area contributed by atoms with Crippen LogP contribution >= 0.6 is 0 Å². The van der Waals surface area contributed by atoms with Crippen molar-refractivity contribution in [2.75, 3.05) is 0 Å². The molecule has 0 N–H and O–H groups in total. The largest absolute Gasteiger partial charge is 0.394 e. The van der Waals surface area contributed by atoms with Gasteiger partial charge in [-0.15, -0.1) is 0 Å². The van der Waals surface area contributed by atoms with Gasteiger partial charge in [-0.05, 0) is 0 Å². The third-order valence-electron chi connectivity index (χ3n) is 1.87. The van der Waals surface area contributed by atoms with Crippen LogP contribution in [0.2, 0.25) is 0 Å². The van der Waals surface area contributed by atoms with Crippen molar-refractivity contribution < 1.29 is 57.4 Å². The lowest BCUT2D eigenvalue weighted by atomic mass is 10.1. The lowest BCUT2D eigenvalue weighted by molar-refractivity contribution is -0.378. The lowest BCUT2D eigenvalue weighted by Crippen LogP contribution is -2.51. The van der Waals surface area contributed by atoms with Crippen LogP contribution in [-0.2, 0) is 4.74 Å². The monoisotopic (exact) mass is 346 g/mol. The van der Waals surface area contributed by atoms with Gasteiger partial charge in [0.2, 0.25) is 0 Å². The Labute approximate surface area is 108 Å². The number of halogens is 12. The first-order chi connectivity index (χ1) is 9.01. The maximum Gasteiger partial charge on any atom is 0.394 e. The summed E-state index contributed by atoms with van der Waals surface area (Å²) >= 11 is 0. The molecular weight excluding hydrogens is 340 g/mol. The van der Waals surface area contributed by atoms with Gasteiger partial charge in [-0.2, -0.15) is 26.3 Å². The predicted molar refractivity (Wildman–Crippen MR) is 42.1 cm³/mol. The van der Waals surface area contributed by atoms with Crippen LogP contribution < -0.4 is 0 Å². The first-order valence-corrected chi connectivity index (χ1v) is 4.78. The zero-order chi connectivity index (χ0) is 17.3. The molecule has 128 valence electrons. The van der Waals surface area contributed by atoms with Crippen molar-refractivity contribution >= 4 is 0 Å². The van der Waals surface area contributed by atoms with E-state index in [2.05, 4.69) is 4.74 Å². The van der Waals surface area contributed by atoms with E-state index in [0.29, 0.717) is 0 Å². The Bertz CT molecular complexity index is 303. The molecule has 21 heavy (non-hydrogen) atoms. The van der Waals surface area contributed by atoms with Crippen LogP contribution in [0.3, 0.4) is 0 Å². The number of ether oxygens (including phenoxy) is 1. The number of alkyl halides is 12. The van der Waals surface area contributed by atoms with Crippen LogP contribution in [0.15, 0.2) is 0 Å². The minimum atomic E-state index is -5.77. The van der Waals surface area contributed by atoms with Crippen LogP contribution in [0, 0.1) is 0 Å². The molecule has 0 aromatic heterocycles. The number of hydrogen-bond acceptors (Lipinski definition) is 1. The van der Waals surface area contributed by atoms with E-state index in [0.717, 1.165) is 0 Å². The van der Waals surface area contributed by atoms with Crippen LogP contribution in [0.5, 0.6) is 0 Å². The van der Waals surface area contributed by atoms with Crippen molar-refractivity contribution in [3.05, 3.63) is 0 Å². The van der Waals surface area contributed by atoms with Gasteiger partial charge in [0.15, 0.2) is 0 Å². The lowest BCUT2D eigenvalue weighted by Gasteiger charge is -2.34. The highest BCUT2D eigenvalue weighted by atomic mass is 19.4. The van der Waals surface area contributed by atoms with Crippen molar-refractivity contribution in [3.8, 4) is 0 Å². The highest BCUT2D eigenvalue weighted by Gasteiger charge is 2.61. The molecule has 0 aliphatic carbocycles. The average molecular weight is 346 g/mol. The number of rotatable bonds is 6. The normalized spacial score (nSPS) is 19.7. The Morgan fingerprint density at radius 2 is 0.810 bits per heavy atom. The maximum absolute atomic E-state index is 13.2. The van der Waals surface area contributed by atoms with Crippen LogP contribution in [-0.4, -0.2) is 36.9 Å². The molecule has 0 aromatic rings. The van der Waals surface area contributed by atoms with Gasteiger partial charge in [0, 0.05) is 0 Å². The minimum absolute atomic E-state index is 2.63. The van der Waals surface area contributed by atoms with Gasteiger partial charge in [-0.25, -0.2) is 26.3 Å². The van der Waals surface area contributed by atoms with Crippen molar-refractivity contribution in [2.24, 2.45) is 0 Å². The first-order valence-electron chi connectivity index (χ1n) is 4.78. The molecule has 0 spiro atoms. The summed E-state index contributed by atoms with van der Waals surface area (Å²) in [5.41, 5.74) is 0. The number of hydrogen-bond donors (Lipinski definition) is 0. The smallest absolute Gasteiger partial charge is 0.298 e. The Balaban J connectivity index is 5.44. The molecular formula is C8H6F12O. The van der Waals surface area contributed by atoms with E-state index in [4.69, 9.17) is 0 Å². The van der Waals surface area contributed by atoms with Gasteiger partial charge in [0.05, 0.1) is 0 Å². The van der Waals surface area contributed by atoms with E-state index in [9.17, 15) is 52.7 Å². The SMILES string of the molecule is FC(F)C(F)(CC(F)(F)F)OC(F)(CC(F)(F)F)C(F)F. The van der Waals surface area contributed by atoms with E-state index >= 15 is 0 Å². The third kappa shape index (κ3) is 6.61. The van der Waals surface area contributed by atoms with Gasteiger partial charge in [-0.3, -0.25) is 4.74 Å². The van der Waals surface area contributed by atoms with Crippen LogP contribution in [0.1, 0.15) is 12.8 Å². The van der Waals surface area contributed by atoms with Crippen molar-refractivity contribution in [2.45, 2.75) is 49.8 Å². The molecule has 0 aromatic carbocycles. The van der Waals surface area contributed by atoms with Crippen molar-refractivity contribution in [1.82, 2.24) is 0 Å². The van der Waals surface area contributed by atoms with Gasteiger partial charge in [-0.1, -0.05) is 0 Å². The predicted octanol–water partition coefficient (Wildman–Crippen LogP) is 4.77. The second-order valence-corrected chi connectivity index (χ2v) is 3.86. The van der Waals surface area contributed by atoms with Gasteiger partial charge < -0.3 is 0 Å². The molecule has 0 saturated carbocycles. The fraction of sp³-hybridized carbons (Fsp3) is 1.00. The van der Waals surface area contributed by atoms with E-state index < -0.39 is 49.8 Å². The third-order valence-corrected chi connectivity index (χ3v) is 1.87. The Morgan fingerprint density at radius 3 is 0.952 bits per heavy atom. The molecule has 2 unspecified atom stereocenters. The molecule has 0 aliphatic rings. The summed E-state index contributed by atoms with van der Waals surface area (Å²) in [7, 11) is 0. The summed E-state index contributed by atoms with van der Waals surface area (Å²) < 4.78 is 149. The Kier molecular flexibility index (Phi) is 5.83. The van der Waals surface area contributed by atoms with E-state index in [1.807, 2.05) is 0 Å². The molecule has 1 nitrogen and oxygen atoms in total. The summed E-state index contributed by atoms with van der Waals surface area (Å²) in [6.07, 6.45) is -27.7. The summed E-state index contributed by atoms with van der Waals surface area (Å²) in [6.45, 7) is 0. The zero-order valence-electron chi connectivity index (χ0n) is 9.51. The topological polar surface area (TPSA) is 9.23 Å². The zero-order valence-corrected chi connectivity index (χ0v) is 9.51. The molecule has 0 saturated heterocycles. The highest BCUT2D eigenvalue weighted by molar-refractivity contribution is 4.84. The molecule has 2 atom stereocenters. The van der Waals surface area contributed by atoms with Gasteiger partial charge in [0.1, 0.15) is 12.8 Å². The minimum Gasteiger partial charge on any atom is -0.298 e. The standard InChI is InChI=1S/C8H6F12O/c9-3(10)5(13,1-7(15,16)17)21-6(14,4(11)12)2-8(18,19)20/h3-4H,1-2H2. The fourth-order valence-corrected chi connectivity index (χ4v) is 1.14. The quantitative estimate of drug-likeness (QED) is 0.630. The second-order valence-electron chi connectivity index (χ2n) is 3.86. The highest BCUT2D eigenvalue weighted by Crippen LogP contribution is 2.44. The van der Waals surface area contributed by atoms with Gasteiger partial charge >= 0.3 is 12.4 Å². The molecule has 0 rings (SSSR count). The Morgan fingerprint density at radius 1 is 0.571 bits per heavy atom. The van der Waals surface area contributed by atoms with Crippen LogP contribution in [0.25, 0.3) is 0 Å². The summed E-state index contributed by atoms with van der Waals surface area (Å²) in [6, 6.07) is 0. The summed E-state index contributed by atoms with van der Waals surface area (Å²) in [5.74, 6) is -10.8. The molecule has 0 heterocycles. The molecule has 0 radical (unpaired) electrons. The molecule has 13 heteroatoms. The van der Waals surface area contributed by atoms with Crippen molar-refractivity contribution in [1.29, 1.82) is 0 Å². The van der Waals surface area contributed by atoms with E-state index in [1.165, 1.54) is 0 Å². The average Bonchev–Trinajstić information content (AvgIpc) is 2.09. The molecule has 0 fully saturated rings. The van der Waals surface area contributed by atoms with E-state index in [1.54, 1.807) is 0 Å². The molecule has 0 amide bonds. The van der Waals surface area contributed by atoms with Crippen LogP contribution in [0.4, 0.5) is 52.7 Å². The molecule has 0 bridgehead atoms. The second kappa shape index (κ2) is 6.08. The van der Waals surface area contributed by atoms with Gasteiger partial charge in [0.25, 0.3) is 24.6 Å². The van der Waals surface area contributed by atoms with E-state index in [-0.39, 0.29) is 0 Å². The fourth-order valence-electron chi connectivity index (χ4n) is 1.14. The first kappa shape index (κ1) is 20.1. The van der Waals surface area contributed by atoms with Crippen molar-refractivity contribution in [3.63, 3.8) is 0 Å². The molecule has 0 aliphatic heterocycles. The summed E-state index contributed by atoms with van der Waals surface area (Å²) in [4.78, 5) is 0. The Hall–Kier alpha value is -0.880.